The average molecular weight is 391 g/mol. The summed E-state index contributed by atoms with van der Waals surface area (Å²) in [6.45, 7) is 0. The standard InChI is InChI=1S/C18H16Cl2N4S/c1-25-18-22-17-21-15(11-5-3-2-4-6-11)10-16(24(17)23-18)13-8-7-12(19)9-14(13)20/h2-9,15-16H,10H2,1H3,(H,21,22,23)/t15-,16+/m1/s1. The van der Waals surface area contributed by atoms with E-state index in [0.717, 1.165) is 23.1 Å². The second-order valence-electron chi connectivity index (χ2n) is 5.89. The molecule has 2 atom stereocenters. The molecule has 0 bridgehead atoms. The summed E-state index contributed by atoms with van der Waals surface area (Å²) in [5, 5.41) is 10.2. The van der Waals surface area contributed by atoms with Gasteiger partial charge in [0.15, 0.2) is 0 Å². The van der Waals surface area contributed by atoms with Crippen molar-refractivity contribution in [2.45, 2.75) is 23.7 Å². The summed E-state index contributed by atoms with van der Waals surface area (Å²) in [6, 6.07) is 16.1. The largest absolute Gasteiger partial charge is 0.347 e. The highest BCUT2D eigenvalue weighted by Crippen LogP contribution is 2.40. The summed E-state index contributed by atoms with van der Waals surface area (Å²) >= 11 is 14.1. The number of hydrogen-bond acceptors (Lipinski definition) is 4. The lowest BCUT2D eigenvalue weighted by atomic mass is 9.93. The number of nitrogens with zero attached hydrogens (tertiary/aromatic N) is 3. The zero-order valence-electron chi connectivity index (χ0n) is 13.5. The first kappa shape index (κ1) is 16.8. The van der Waals surface area contributed by atoms with Crippen LogP contribution in [0.4, 0.5) is 5.95 Å². The molecule has 128 valence electrons. The number of rotatable bonds is 3. The number of halogens is 2. The maximum Gasteiger partial charge on any atom is 0.223 e. The van der Waals surface area contributed by atoms with Crippen LogP contribution in [0.5, 0.6) is 0 Å². The fourth-order valence-corrected chi connectivity index (χ4v) is 4.06. The van der Waals surface area contributed by atoms with Gasteiger partial charge in [0.2, 0.25) is 11.1 Å². The fraction of sp³-hybridized carbons (Fsp3) is 0.222. The second-order valence-corrected chi connectivity index (χ2v) is 7.51. The van der Waals surface area contributed by atoms with E-state index in [2.05, 4.69) is 27.5 Å². The van der Waals surface area contributed by atoms with Crippen LogP contribution in [0.3, 0.4) is 0 Å². The van der Waals surface area contributed by atoms with Gasteiger partial charge in [-0.3, -0.25) is 0 Å². The van der Waals surface area contributed by atoms with Gasteiger partial charge in [0.05, 0.1) is 12.1 Å². The van der Waals surface area contributed by atoms with Gasteiger partial charge in [-0.15, -0.1) is 5.10 Å². The Morgan fingerprint density at radius 2 is 1.96 bits per heavy atom. The summed E-state index contributed by atoms with van der Waals surface area (Å²) in [5.41, 5.74) is 2.23. The molecule has 7 heteroatoms. The van der Waals surface area contributed by atoms with Gasteiger partial charge in [-0.2, -0.15) is 4.98 Å². The smallest absolute Gasteiger partial charge is 0.223 e. The minimum Gasteiger partial charge on any atom is -0.347 e. The van der Waals surface area contributed by atoms with Crippen LogP contribution in [0.1, 0.15) is 29.6 Å². The van der Waals surface area contributed by atoms with Gasteiger partial charge in [0.25, 0.3) is 0 Å². The minimum atomic E-state index is -0.000349. The van der Waals surface area contributed by atoms with Crippen molar-refractivity contribution in [3.05, 3.63) is 69.7 Å². The highest BCUT2D eigenvalue weighted by Gasteiger charge is 2.32. The molecule has 0 amide bonds. The Balaban J connectivity index is 1.80. The molecule has 1 N–H and O–H groups in total. The summed E-state index contributed by atoms with van der Waals surface area (Å²) in [4.78, 5) is 4.60. The monoisotopic (exact) mass is 390 g/mol. The van der Waals surface area contributed by atoms with Crippen LogP contribution in [0.25, 0.3) is 0 Å². The van der Waals surface area contributed by atoms with Crippen LogP contribution >= 0.6 is 35.0 Å². The van der Waals surface area contributed by atoms with Crippen molar-refractivity contribution in [3.8, 4) is 0 Å². The van der Waals surface area contributed by atoms with Gasteiger partial charge in [-0.05, 0) is 35.9 Å². The lowest BCUT2D eigenvalue weighted by Gasteiger charge is -2.32. The van der Waals surface area contributed by atoms with E-state index in [9.17, 15) is 0 Å². The molecule has 0 saturated carbocycles. The van der Waals surface area contributed by atoms with Crippen molar-refractivity contribution in [2.75, 3.05) is 11.6 Å². The Hall–Kier alpha value is -1.69. The van der Waals surface area contributed by atoms with E-state index >= 15 is 0 Å². The van der Waals surface area contributed by atoms with Crippen LogP contribution < -0.4 is 5.32 Å². The fourth-order valence-electron chi connectivity index (χ4n) is 3.18. The van der Waals surface area contributed by atoms with Gasteiger partial charge in [-0.25, -0.2) is 4.68 Å². The molecule has 4 nitrogen and oxygen atoms in total. The third-order valence-corrected chi connectivity index (χ3v) is 5.48. The van der Waals surface area contributed by atoms with Crippen LogP contribution in [0, 0.1) is 0 Å². The number of anilines is 1. The molecular formula is C18H16Cl2N4S. The maximum absolute atomic E-state index is 6.49. The van der Waals surface area contributed by atoms with E-state index in [-0.39, 0.29) is 12.1 Å². The molecule has 1 aromatic heterocycles. The molecule has 2 aromatic carbocycles. The predicted molar refractivity (Wildman–Crippen MR) is 104 cm³/mol. The molecule has 0 fully saturated rings. The van der Waals surface area contributed by atoms with E-state index in [1.165, 1.54) is 17.3 Å². The van der Waals surface area contributed by atoms with Crippen molar-refractivity contribution in [2.24, 2.45) is 0 Å². The third kappa shape index (κ3) is 3.24. The zero-order chi connectivity index (χ0) is 17.4. The van der Waals surface area contributed by atoms with Crippen LogP contribution in [0.15, 0.2) is 53.7 Å². The minimum absolute atomic E-state index is 0.000349. The summed E-state index contributed by atoms with van der Waals surface area (Å²) < 4.78 is 1.93. The molecular weight excluding hydrogens is 375 g/mol. The molecule has 3 aromatic rings. The summed E-state index contributed by atoms with van der Waals surface area (Å²) in [6.07, 6.45) is 2.80. The molecule has 0 unspecified atom stereocenters. The van der Waals surface area contributed by atoms with Crippen molar-refractivity contribution in [1.82, 2.24) is 14.8 Å². The van der Waals surface area contributed by atoms with Gasteiger partial charge in [-0.1, -0.05) is 71.4 Å². The molecule has 1 aliphatic heterocycles. The van der Waals surface area contributed by atoms with Crippen LogP contribution in [0.2, 0.25) is 10.0 Å². The summed E-state index contributed by atoms with van der Waals surface area (Å²) in [7, 11) is 0. The number of hydrogen-bond donors (Lipinski definition) is 1. The molecule has 2 heterocycles. The Labute approximate surface area is 160 Å². The van der Waals surface area contributed by atoms with Gasteiger partial charge >= 0.3 is 0 Å². The Morgan fingerprint density at radius 3 is 2.68 bits per heavy atom. The number of thioether (sulfide) groups is 1. The second kappa shape index (κ2) is 6.90. The molecule has 0 aliphatic carbocycles. The van der Waals surface area contributed by atoms with Gasteiger partial charge in [0.1, 0.15) is 0 Å². The lowest BCUT2D eigenvalue weighted by molar-refractivity contribution is 0.427. The summed E-state index contributed by atoms with van der Waals surface area (Å²) in [5.74, 6) is 0.764. The highest BCUT2D eigenvalue weighted by molar-refractivity contribution is 7.98. The van der Waals surface area contributed by atoms with Crippen molar-refractivity contribution in [3.63, 3.8) is 0 Å². The predicted octanol–water partition coefficient (Wildman–Crippen LogP) is 5.45. The molecule has 0 radical (unpaired) electrons. The Kier molecular flexibility index (Phi) is 4.63. The normalized spacial score (nSPS) is 19.3. The quantitative estimate of drug-likeness (QED) is 0.603. The molecule has 4 rings (SSSR count). The first-order valence-corrected chi connectivity index (χ1v) is 9.90. The van der Waals surface area contributed by atoms with Gasteiger partial charge in [0, 0.05) is 10.0 Å². The topological polar surface area (TPSA) is 42.7 Å². The zero-order valence-corrected chi connectivity index (χ0v) is 15.8. The number of aromatic nitrogens is 3. The van der Waals surface area contributed by atoms with E-state index in [1.54, 1.807) is 6.07 Å². The van der Waals surface area contributed by atoms with Gasteiger partial charge < -0.3 is 5.32 Å². The van der Waals surface area contributed by atoms with E-state index in [1.807, 2.05) is 41.3 Å². The maximum atomic E-state index is 6.49. The average Bonchev–Trinajstić information content (AvgIpc) is 3.05. The van der Waals surface area contributed by atoms with E-state index in [4.69, 9.17) is 23.2 Å². The number of benzene rings is 2. The number of nitrogens with one attached hydrogen (secondary N) is 1. The lowest BCUT2D eigenvalue weighted by Crippen LogP contribution is -2.28. The molecule has 0 spiro atoms. The van der Waals surface area contributed by atoms with Crippen LogP contribution in [-0.4, -0.2) is 21.0 Å². The SMILES string of the molecule is CSc1nc2n(n1)[C@H](c1ccc(Cl)cc1Cl)C[C@H](c1ccccc1)N2. The Morgan fingerprint density at radius 1 is 1.16 bits per heavy atom. The van der Waals surface area contributed by atoms with Crippen molar-refractivity contribution < 1.29 is 0 Å². The van der Waals surface area contributed by atoms with E-state index < -0.39 is 0 Å². The first-order chi connectivity index (χ1) is 12.2. The Bertz CT molecular complexity index is 897. The van der Waals surface area contributed by atoms with Crippen molar-refractivity contribution >= 4 is 40.9 Å². The highest BCUT2D eigenvalue weighted by atomic mass is 35.5. The van der Waals surface area contributed by atoms with Crippen molar-refractivity contribution in [1.29, 1.82) is 0 Å². The third-order valence-electron chi connectivity index (χ3n) is 4.38. The molecule has 1 aliphatic rings. The molecule has 25 heavy (non-hydrogen) atoms. The number of fused-ring (bicyclic) bond motifs is 1. The first-order valence-electron chi connectivity index (χ1n) is 7.92. The van der Waals surface area contributed by atoms with Crippen LogP contribution in [-0.2, 0) is 0 Å². The molecule has 0 saturated heterocycles. The van der Waals surface area contributed by atoms with E-state index in [0.29, 0.717) is 10.0 Å².